The van der Waals surface area contributed by atoms with Gasteiger partial charge in [0.15, 0.2) is 11.0 Å². The van der Waals surface area contributed by atoms with E-state index in [9.17, 15) is 4.79 Å². The van der Waals surface area contributed by atoms with Gasteiger partial charge in [0.05, 0.1) is 18.4 Å². The molecular formula is C21H30N4O2S. The molecule has 152 valence electrons. The topological polar surface area (TPSA) is 60.2 Å². The summed E-state index contributed by atoms with van der Waals surface area (Å²) in [5.74, 6) is 0.972. The quantitative estimate of drug-likeness (QED) is 0.628. The third-order valence-corrected chi connectivity index (χ3v) is 6.44. The van der Waals surface area contributed by atoms with E-state index in [4.69, 9.17) is 4.74 Å². The molecule has 1 heterocycles. The molecule has 1 aliphatic carbocycles. The van der Waals surface area contributed by atoms with E-state index in [0.29, 0.717) is 19.2 Å². The van der Waals surface area contributed by atoms with Gasteiger partial charge in [-0.15, -0.1) is 10.2 Å². The number of amides is 1. The van der Waals surface area contributed by atoms with Crippen molar-refractivity contribution in [2.75, 3.05) is 20.8 Å². The number of carbonyl (C=O) groups excluding carboxylic acids is 1. The van der Waals surface area contributed by atoms with E-state index < -0.39 is 0 Å². The van der Waals surface area contributed by atoms with Crippen LogP contribution in [0.2, 0.25) is 0 Å². The van der Waals surface area contributed by atoms with E-state index in [0.717, 1.165) is 29.4 Å². The molecule has 0 unspecified atom stereocenters. The van der Waals surface area contributed by atoms with Crippen molar-refractivity contribution in [3.8, 4) is 11.4 Å². The van der Waals surface area contributed by atoms with Gasteiger partial charge in [0.2, 0.25) is 5.91 Å². The molecule has 1 aliphatic rings. The Hall–Kier alpha value is -1.86. The Balaban J connectivity index is 1.75. The molecule has 0 saturated heterocycles. The highest BCUT2D eigenvalue weighted by Crippen LogP contribution is 2.29. The van der Waals surface area contributed by atoms with Crippen LogP contribution in [0.15, 0.2) is 35.5 Å². The molecule has 28 heavy (non-hydrogen) atoms. The van der Waals surface area contributed by atoms with Crippen LogP contribution in [0, 0.1) is 0 Å². The summed E-state index contributed by atoms with van der Waals surface area (Å²) < 4.78 is 7.32. The molecule has 7 heteroatoms. The molecule has 1 aromatic carbocycles. The van der Waals surface area contributed by atoms with Crippen LogP contribution < -0.4 is 0 Å². The lowest BCUT2D eigenvalue weighted by Gasteiger charge is -2.32. The van der Waals surface area contributed by atoms with E-state index in [2.05, 4.69) is 10.2 Å². The van der Waals surface area contributed by atoms with Crippen LogP contribution in [0.1, 0.15) is 39.0 Å². The van der Waals surface area contributed by atoms with E-state index in [1.165, 1.54) is 31.0 Å². The largest absolute Gasteiger partial charge is 0.383 e. The van der Waals surface area contributed by atoms with Crippen molar-refractivity contribution in [2.24, 2.45) is 0 Å². The fourth-order valence-corrected chi connectivity index (χ4v) is 4.68. The van der Waals surface area contributed by atoms with Gasteiger partial charge in [-0.3, -0.25) is 9.36 Å². The van der Waals surface area contributed by atoms with Gasteiger partial charge in [-0.1, -0.05) is 61.4 Å². The number of thioether (sulfide) groups is 1. The molecule has 0 aliphatic heterocycles. The Morgan fingerprint density at radius 3 is 2.64 bits per heavy atom. The Kier molecular flexibility index (Phi) is 7.50. The van der Waals surface area contributed by atoms with Gasteiger partial charge in [0, 0.05) is 25.8 Å². The van der Waals surface area contributed by atoms with E-state index >= 15 is 0 Å². The summed E-state index contributed by atoms with van der Waals surface area (Å²) in [7, 11) is 3.63. The summed E-state index contributed by atoms with van der Waals surface area (Å²) in [4.78, 5) is 14.9. The van der Waals surface area contributed by atoms with Crippen LogP contribution in [-0.4, -0.2) is 57.6 Å². The molecule has 3 rings (SSSR count). The van der Waals surface area contributed by atoms with Crippen LogP contribution in [-0.2, 0) is 16.1 Å². The van der Waals surface area contributed by atoms with Gasteiger partial charge in [-0.2, -0.15) is 0 Å². The molecule has 2 aromatic rings. The molecule has 0 bridgehead atoms. The summed E-state index contributed by atoms with van der Waals surface area (Å²) in [6.45, 7) is 3.18. The SMILES string of the molecule is COCCn1c(S[C@H](C)C(=O)N(C)C2CCCCC2)nnc1-c1ccccc1. The Morgan fingerprint density at radius 2 is 1.96 bits per heavy atom. The van der Waals surface area contributed by atoms with Crippen molar-refractivity contribution in [3.63, 3.8) is 0 Å². The highest BCUT2D eigenvalue weighted by molar-refractivity contribution is 8.00. The Labute approximate surface area is 171 Å². The second-order valence-corrected chi connectivity index (χ2v) is 8.63. The zero-order valence-electron chi connectivity index (χ0n) is 17.0. The molecule has 0 spiro atoms. The van der Waals surface area contributed by atoms with E-state index in [-0.39, 0.29) is 11.2 Å². The minimum atomic E-state index is -0.207. The highest BCUT2D eigenvalue weighted by Gasteiger charge is 2.27. The number of hydrogen-bond donors (Lipinski definition) is 0. The van der Waals surface area contributed by atoms with Gasteiger partial charge in [-0.25, -0.2) is 0 Å². The maximum absolute atomic E-state index is 13.0. The smallest absolute Gasteiger partial charge is 0.235 e. The maximum Gasteiger partial charge on any atom is 0.235 e. The molecule has 1 amide bonds. The predicted molar refractivity (Wildman–Crippen MR) is 112 cm³/mol. The number of rotatable bonds is 8. The zero-order chi connectivity index (χ0) is 19.9. The van der Waals surface area contributed by atoms with Crippen LogP contribution >= 0.6 is 11.8 Å². The minimum Gasteiger partial charge on any atom is -0.383 e. The second kappa shape index (κ2) is 10.1. The van der Waals surface area contributed by atoms with Gasteiger partial charge in [0.1, 0.15) is 0 Å². The monoisotopic (exact) mass is 402 g/mol. The van der Waals surface area contributed by atoms with Crippen molar-refractivity contribution in [1.82, 2.24) is 19.7 Å². The first-order valence-electron chi connectivity index (χ1n) is 10.0. The van der Waals surface area contributed by atoms with Crippen LogP contribution in [0.5, 0.6) is 0 Å². The van der Waals surface area contributed by atoms with Crippen LogP contribution in [0.4, 0.5) is 0 Å². The molecule has 1 aromatic heterocycles. The fourth-order valence-electron chi connectivity index (χ4n) is 3.70. The van der Waals surface area contributed by atoms with Crippen LogP contribution in [0.25, 0.3) is 11.4 Å². The molecule has 6 nitrogen and oxygen atoms in total. The van der Waals surface area contributed by atoms with Crippen molar-refractivity contribution >= 4 is 17.7 Å². The number of hydrogen-bond acceptors (Lipinski definition) is 5. The molecular weight excluding hydrogens is 372 g/mol. The van der Waals surface area contributed by atoms with Crippen molar-refractivity contribution in [1.29, 1.82) is 0 Å². The summed E-state index contributed by atoms with van der Waals surface area (Å²) in [6.07, 6.45) is 5.95. The summed E-state index contributed by atoms with van der Waals surface area (Å²) in [5.41, 5.74) is 1.01. The summed E-state index contributed by atoms with van der Waals surface area (Å²) in [6, 6.07) is 10.4. The van der Waals surface area contributed by atoms with Gasteiger partial charge < -0.3 is 9.64 Å². The summed E-state index contributed by atoms with van der Waals surface area (Å²) in [5, 5.41) is 9.34. The number of nitrogens with zero attached hydrogens (tertiary/aromatic N) is 4. The Bertz CT molecular complexity index is 759. The van der Waals surface area contributed by atoms with Crippen LogP contribution in [0.3, 0.4) is 0 Å². The average Bonchev–Trinajstić information content (AvgIpc) is 3.14. The first-order valence-corrected chi connectivity index (χ1v) is 10.9. The third-order valence-electron chi connectivity index (χ3n) is 5.37. The molecule has 1 saturated carbocycles. The second-order valence-electron chi connectivity index (χ2n) is 7.32. The Morgan fingerprint density at radius 1 is 1.25 bits per heavy atom. The number of ether oxygens (including phenoxy) is 1. The maximum atomic E-state index is 13.0. The lowest BCUT2D eigenvalue weighted by Crippen LogP contribution is -2.42. The van der Waals surface area contributed by atoms with Gasteiger partial charge in [0.25, 0.3) is 0 Å². The lowest BCUT2D eigenvalue weighted by molar-refractivity contribution is -0.131. The standard InChI is InChI=1S/C21H30N4O2S/c1-16(20(26)24(2)18-12-8-5-9-13-18)28-21-23-22-19(25(21)14-15-27-3)17-10-6-4-7-11-17/h4,6-7,10-11,16,18H,5,8-9,12-15H2,1-3H3/t16-/m1/s1. The first-order chi connectivity index (χ1) is 13.6. The first kappa shape index (κ1) is 20.9. The van der Waals surface area contributed by atoms with E-state index in [1.54, 1.807) is 7.11 Å². The number of benzene rings is 1. The van der Waals surface area contributed by atoms with Gasteiger partial charge in [-0.05, 0) is 19.8 Å². The molecule has 1 atom stereocenters. The highest BCUT2D eigenvalue weighted by atomic mass is 32.2. The van der Waals surface area contributed by atoms with Crippen molar-refractivity contribution in [3.05, 3.63) is 30.3 Å². The lowest BCUT2D eigenvalue weighted by atomic mass is 9.94. The third kappa shape index (κ3) is 4.94. The molecule has 0 radical (unpaired) electrons. The molecule has 1 fully saturated rings. The predicted octanol–water partition coefficient (Wildman–Crippen LogP) is 3.86. The normalized spacial score (nSPS) is 16.1. The minimum absolute atomic E-state index is 0.166. The average molecular weight is 403 g/mol. The fraction of sp³-hybridized carbons (Fsp3) is 0.571. The van der Waals surface area contributed by atoms with Gasteiger partial charge >= 0.3 is 0 Å². The number of methoxy groups -OCH3 is 1. The number of carbonyl (C=O) groups is 1. The summed E-state index contributed by atoms with van der Waals surface area (Å²) >= 11 is 1.48. The van der Waals surface area contributed by atoms with Crippen molar-refractivity contribution in [2.45, 2.75) is 62.0 Å². The van der Waals surface area contributed by atoms with Crippen molar-refractivity contribution < 1.29 is 9.53 Å². The van der Waals surface area contributed by atoms with E-state index in [1.807, 2.05) is 53.8 Å². The zero-order valence-corrected chi connectivity index (χ0v) is 17.8. The number of aromatic nitrogens is 3. The molecule has 0 N–H and O–H groups in total.